The van der Waals surface area contributed by atoms with E-state index in [9.17, 15) is 9.90 Å². The quantitative estimate of drug-likeness (QED) is 0.326. The smallest absolute Gasteiger partial charge is 0.331 e. The Labute approximate surface area is 211 Å². The van der Waals surface area contributed by atoms with Gasteiger partial charge in [0.05, 0.1) is 13.1 Å². The van der Waals surface area contributed by atoms with E-state index in [1.54, 1.807) is 18.3 Å². The van der Waals surface area contributed by atoms with Crippen molar-refractivity contribution in [1.82, 2.24) is 15.1 Å². The second-order valence-electron chi connectivity index (χ2n) is 10.2. The number of nitrogens with zero attached hydrogens (tertiary/aromatic N) is 4. The molecule has 35 heavy (non-hydrogen) atoms. The minimum atomic E-state index is -0.799. The number of hydrogen-bond acceptors (Lipinski definition) is 8. The van der Waals surface area contributed by atoms with Crippen molar-refractivity contribution in [3.05, 3.63) is 54.2 Å². The summed E-state index contributed by atoms with van der Waals surface area (Å²) in [6.07, 6.45) is 2.77. The molecule has 4 saturated heterocycles. The molecule has 6 rings (SSSR count). The summed E-state index contributed by atoms with van der Waals surface area (Å²) in [6.45, 7) is 7.07. The number of hydrogen-bond donors (Lipinski definition) is 2. The fourth-order valence-electron chi connectivity index (χ4n) is 6.03. The van der Waals surface area contributed by atoms with Crippen LogP contribution < -0.4 is 5.32 Å². The maximum Gasteiger partial charge on any atom is 0.331 e. The highest BCUT2D eigenvalue weighted by Gasteiger charge is 2.51. The van der Waals surface area contributed by atoms with Crippen LogP contribution in [0.15, 0.2) is 48.7 Å². The molecule has 0 radical (unpaired) electrons. The maximum absolute atomic E-state index is 13.9. The number of carbonyl (C=O) groups excluding carboxylic acids is 1. The molecule has 1 aromatic heterocycles. The van der Waals surface area contributed by atoms with Crippen LogP contribution in [-0.4, -0.2) is 93.8 Å². The van der Waals surface area contributed by atoms with E-state index in [-0.39, 0.29) is 12.1 Å². The Morgan fingerprint density at radius 2 is 1.97 bits per heavy atom. The summed E-state index contributed by atoms with van der Waals surface area (Å²) in [5.74, 6) is 2.86. The topological polar surface area (TPSA) is 87.6 Å². The first-order chi connectivity index (χ1) is 17.0. The number of piperidine rings is 3. The number of ether oxygens (including phenoxy) is 1. The molecule has 0 saturated carbocycles. The van der Waals surface area contributed by atoms with Crippen molar-refractivity contribution in [3.63, 3.8) is 0 Å². The lowest BCUT2D eigenvalue weighted by atomic mass is 9.82. The lowest BCUT2D eigenvalue weighted by Gasteiger charge is -2.53. The van der Waals surface area contributed by atoms with Crippen LogP contribution >= 0.6 is 11.8 Å². The number of esters is 1. The predicted molar refractivity (Wildman–Crippen MR) is 137 cm³/mol. The largest absolute Gasteiger partial charge is 0.454 e. The Bertz CT molecular complexity index is 983. The summed E-state index contributed by atoms with van der Waals surface area (Å²) in [5, 5.41) is 21.7. The van der Waals surface area contributed by atoms with Gasteiger partial charge in [-0.2, -0.15) is 16.9 Å². The first-order valence-corrected chi connectivity index (χ1v) is 13.8. The second kappa shape index (κ2) is 10.4. The summed E-state index contributed by atoms with van der Waals surface area (Å²) in [7, 11) is 0. The van der Waals surface area contributed by atoms with Crippen LogP contribution in [0, 0.1) is 5.92 Å². The number of anilines is 1. The number of aliphatic hydroxyl groups excluding tert-OH is 1. The van der Waals surface area contributed by atoms with Crippen LogP contribution in [0.5, 0.6) is 0 Å². The summed E-state index contributed by atoms with van der Waals surface area (Å²) < 4.78 is 7.15. The zero-order valence-corrected chi connectivity index (χ0v) is 21.2. The Hall–Kier alpha value is -2.20. The van der Waals surface area contributed by atoms with E-state index in [4.69, 9.17) is 4.74 Å². The molecule has 0 amide bonds. The third-order valence-electron chi connectivity index (χ3n) is 8.12. The highest BCUT2D eigenvalue weighted by molar-refractivity contribution is 7.99. The van der Waals surface area contributed by atoms with Gasteiger partial charge in [0.2, 0.25) is 0 Å². The van der Waals surface area contributed by atoms with Crippen LogP contribution in [0.4, 0.5) is 5.82 Å². The van der Waals surface area contributed by atoms with Crippen LogP contribution in [0.25, 0.3) is 0 Å². The van der Waals surface area contributed by atoms with Gasteiger partial charge in [-0.1, -0.05) is 30.3 Å². The minimum absolute atomic E-state index is 0.129. The fourth-order valence-corrected chi connectivity index (χ4v) is 6.93. The van der Waals surface area contributed by atoms with E-state index in [1.807, 2.05) is 49.0 Å². The van der Waals surface area contributed by atoms with Crippen LogP contribution in [0.3, 0.4) is 0 Å². The SMILES string of the molecule is CC(C(=O)O[C@H]1C[N+]2(CC(O)Nc3cccnn3)CCC1CC2)(c1ccccc1)N1CCSCC1. The van der Waals surface area contributed by atoms with Crippen LogP contribution in [0.1, 0.15) is 25.3 Å². The molecule has 9 heteroatoms. The average molecular weight is 499 g/mol. The molecule has 3 atom stereocenters. The zero-order valence-electron chi connectivity index (χ0n) is 20.4. The Morgan fingerprint density at radius 1 is 1.23 bits per heavy atom. The van der Waals surface area contributed by atoms with Gasteiger partial charge in [-0.3, -0.25) is 4.90 Å². The Balaban J connectivity index is 1.30. The number of rotatable bonds is 8. The molecule has 4 aliphatic heterocycles. The van der Waals surface area contributed by atoms with Crippen LogP contribution in [0.2, 0.25) is 0 Å². The molecule has 0 spiro atoms. The first kappa shape index (κ1) is 24.5. The van der Waals surface area contributed by atoms with Gasteiger partial charge in [0, 0.05) is 49.6 Å². The van der Waals surface area contributed by atoms with Crippen molar-refractivity contribution in [2.45, 2.75) is 37.6 Å². The standard InChI is InChI=1S/C26H36N5O3S/c1-26(21-6-3-2-4-7-21,30-12-16-35-17-13-30)25(33)34-22-18-31(14-9-20(22)10-15-31)19-24(32)28-23-8-5-11-27-29-23/h2-8,11,20,22,24,32H,9-10,12-19H2,1H3,(H,28,29)/q+1/t20?,22-,24?,26?,31?/m0/s1. The molecule has 5 heterocycles. The molecule has 4 fully saturated rings. The zero-order chi connectivity index (χ0) is 24.3. The van der Waals surface area contributed by atoms with E-state index in [0.717, 1.165) is 67.1 Å². The van der Waals surface area contributed by atoms with Crippen molar-refractivity contribution in [1.29, 1.82) is 0 Å². The lowest BCUT2D eigenvalue weighted by Crippen LogP contribution is -2.67. The number of fused-ring (bicyclic) bond motifs is 3. The molecule has 4 aliphatic rings. The van der Waals surface area contributed by atoms with Gasteiger partial charge in [0.15, 0.2) is 18.1 Å². The number of benzene rings is 1. The normalized spacial score (nSPS) is 29.2. The molecule has 2 unspecified atom stereocenters. The highest BCUT2D eigenvalue weighted by atomic mass is 32.2. The van der Waals surface area contributed by atoms with Gasteiger partial charge in [-0.15, -0.1) is 5.10 Å². The van der Waals surface area contributed by atoms with Gasteiger partial charge in [-0.05, 0) is 24.6 Å². The Morgan fingerprint density at radius 3 is 2.66 bits per heavy atom. The minimum Gasteiger partial charge on any atom is -0.454 e. The number of aliphatic hydroxyl groups is 1. The molecule has 2 N–H and O–H groups in total. The van der Waals surface area contributed by atoms with Gasteiger partial charge in [0.25, 0.3) is 0 Å². The van der Waals surface area contributed by atoms with Crippen molar-refractivity contribution in [3.8, 4) is 0 Å². The van der Waals surface area contributed by atoms with Gasteiger partial charge in [-0.25, -0.2) is 4.79 Å². The fraction of sp³-hybridized carbons (Fsp3) is 0.577. The van der Waals surface area contributed by atoms with E-state index in [2.05, 4.69) is 20.4 Å². The summed E-state index contributed by atoms with van der Waals surface area (Å²) in [5.41, 5.74) is 0.192. The van der Waals surface area contributed by atoms with Crippen molar-refractivity contribution >= 4 is 23.5 Å². The van der Waals surface area contributed by atoms with E-state index < -0.39 is 11.8 Å². The van der Waals surface area contributed by atoms with Gasteiger partial charge in [0.1, 0.15) is 18.6 Å². The second-order valence-corrected chi connectivity index (χ2v) is 11.5. The van der Waals surface area contributed by atoms with Gasteiger partial charge < -0.3 is 19.6 Å². The van der Waals surface area contributed by atoms with E-state index >= 15 is 0 Å². The Kier molecular flexibility index (Phi) is 7.29. The summed E-state index contributed by atoms with van der Waals surface area (Å²) in [6, 6.07) is 13.7. The number of carbonyl (C=O) groups is 1. The molecular formula is C26H36N5O3S+. The van der Waals surface area contributed by atoms with Crippen molar-refractivity contribution < 1.29 is 19.1 Å². The van der Waals surface area contributed by atoms with Crippen molar-refractivity contribution in [2.75, 3.05) is 56.1 Å². The number of nitrogens with one attached hydrogen (secondary N) is 1. The lowest BCUT2D eigenvalue weighted by molar-refractivity contribution is -0.948. The molecule has 8 nitrogen and oxygen atoms in total. The molecule has 2 bridgehead atoms. The first-order valence-electron chi connectivity index (χ1n) is 12.7. The number of quaternary nitrogens is 1. The molecule has 0 aliphatic carbocycles. The maximum atomic E-state index is 13.9. The third-order valence-corrected chi connectivity index (χ3v) is 9.07. The molecule has 1 aromatic carbocycles. The van der Waals surface area contributed by atoms with Gasteiger partial charge >= 0.3 is 5.97 Å². The van der Waals surface area contributed by atoms with E-state index in [0.29, 0.717) is 18.3 Å². The van der Waals surface area contributed by atoms with E-state index in [1.165, 1.54) is 0 Å². The number of aromatic nitrogens is 2. The monoisotopic (exact) mass is 498 g/mol. The molecule has 2 aromatic rings. The highest BCUT2D eigenvalue weighted by Crippen LogP contribution is 2.38. The average Bonchev–Trinajstić information content (AvgIpc) is 2.90. The molecular weight excluding hydrogens is 462 g/mol. The van der Waals surface area contributed by atoms with Crippen molar-refractivity contribution in [2.24, 2.45) is 5.92 Å². The predicted octanol–water partition coefficient (Wildman–Crippen LogP) is 2.32. The summed E-state index contributed by atoms with van der Waals surface area (Å²) >= 11 is 1.94. The summed E-state index contributed by atoms with van der Waals surface area (Å²) in [4.78, 5) is 16.2. The third kappa shape index (κ3) is 5.18. The number of thioether (sulfide) groups is 1. The van der Waals surface area contributed by atoms with Crippen LogP contribution in [-0.2, 0) is 15.1 Å². The molecule has 188 valence electrons.